The van der Waals surface area contributed by atoms with Crippen LogP contribution >= 0.6 is 0 Å². The molecule has 0 aliphatic rings. The van der Waals surface area contributed by atoms with Crippen LogP contribution in [-0.2, 0) is 16.4 Å². The number of aryl methyl sites for hydroxylation is 1. The zero-order valence-electron chi connectivity index (χ0n) is 9.54. The maximum atomic E-state index is 11.4. The molecule has 7 heteroatoms. The molecule has 0 aliphatic heterocycles. The molecule has 0 fully saturated rings. The Morgan fingerprint density at radius 1 is 1.53 bits per heavy atom. The Kier molecular flexibility index (Phi) is 2.80. The highest BCUT2D eigenvalue weighted by atomic mass is 32.2. The largest absolute Gasteiger partial charge is 0.497 e. The lowest BCUT2D eigenvalue weighted by atomic mass is 10.4. The number of methoxy groups -OCH3 is 1. The topological polar surface area (TPSA) is 86.7 Å². The minimum Gasteiger partial charge on any atom is -0.497 e. The fourth-order valence-corrected chi connectivity index (χ4v) is 2.37. The standard InChI is InChI=1S/C10H13N3O3S/c1-3-9-12-10(17(11,14)15)8-6-7(16-2)4-5-13(8)9/h4-6H,3H2,1-2H3,(H2,11,14,15). The first-order chi connectivity index (χ1) is 7.97. The summed E-state index contributed by atoms with van der Waals surface area (Å²) in [5.41, 5.74) is 0.434. The van der Waals surface area contributed by atoms with E-state index in [2.05, 4.69) is 4.98 Å². The number of fused-ring (bicyclic) bond motifs is 1. The summed E-state index contributed by atoms with van der Waals surface area (Å²) in [5, 5.41) is 5.02. The van der Waals surface area contributed by atoms with Crippen LogP contribution in [0.4, 0.5) is 0 Å². The molecule has 0 unspecified atom stereocenters. The van der Waals surface area contributed by atoms with Crippen molar-refractivity contribution < 1.29 is 13.2 Å². The number of hydrogen-bond donors (Lipinski definition) is 1. The molecule has 6 nitrogen and oxygen atoms in total. The van der Waals surface area contributed by atoms with Gasteiger partial charge in [0.05, 0.1) is 12.6 Å². The Hall–Kier alpha value is -1.60. The second-order valence-electron chi connectivity index (χ2n) is 3.55. The van der Waals surface area contributed by atoms with E-state index in [0.717, 1.165) is 0 Å². The van der Waals surface area contributed by atoms with Gasteiger partial charge in [-0.3, -0.25) is 0 Å². The van der Waals surface area contributed by atoms with Crippen LogP contribution in [0.15, 0.2) is 23.4 Å². The van der Waals surface area contributed by atoms with Crippen molar-refractivity contribution in [2.45, 2.75) is 18.4 Å². The van der Waals surface area contributed by atoms with Crippen LogP contribution in [0.1, 0.15) is 12.7 Å². The predicted molar refractivity (Wildman–Crippen MR) is 62.5 cm³/mol. The molecular weight excluding hydrogens is 242 g/mol. The van der Waals surface area contributed by atoms with Gasteiger partial charge in [-0.2, -0.15) is 0 Å². The molecule has 92 valence electrons. The maximum absolute atomic E-state index is 11.4. The number of primary sulfonamides is 1. The maximum Gasteiger partial charge on any atom is 0.257 e. The Bertz CT molecular complexity index is 661. The molecule has 0 spiro atoms. The van der Waals surface area contributed by atoms with E-state index >= 15 is 0 Å². The molecule has 0 saturated carbocycles. The Balaban J connectivity index is 2.84. The number of sulfonamides is 1. The van der Waals surface area contributed by atoms with Crippen molar-refractivity contribution in [3.05, 3.63) is 24.2 Å². The van der Waals surface area contributed by atoms with E-state index in [1.54, 1.807) is 22.7 Å². The van der Waals surface area contributed by atoms with E-state index in [0.29, 0.717) is 23.5 Å². The molecule has 17 heavy (non-hydrogen) atoms. The summed E-state index contributed by atoms with van der Waals surface area (Å²) in [4.78, 5) is 4.05. The van der Waals surface area contributed by atoms with Gasteiger partial charge in [-0.15, -0.1) is 0 Å². The third-order valence-corrected chi connectivity index (χ3v) is 3.32. The van der Waals surface area contributed by atoms with Crippen LogP contribution in [0.3, 0.4) is 0 Å². The van der Waals surface area contributed by atoms with Gasteiger partial charge >= 0.3 is 0 Å². The second-order valence-corrected chi connectivity index (χ2v) is 5.03. The molecule has 2 aromatic rings. The van der Waals surface area contributed by atoms with E-state index in [9.17, 15) is 8.42 Å². The Labute approximate surface area is 99.1 Å². The Morgan fingerprint density at radius 3 is 2.76 bits per heavy atom. The SMILES string of the molecule is CCc1nc(S(N)(=O)=O)c2cc(OC)ccn12. The van der Waals surface area contributed by atoms with E-state index in [1.165, 1.54) is 7.11 Å². The summed E-state index contributed by atoms with van der Waals surface area (Å²) in [5.74, 6) is 1.21. The minimum atomic E-state index is -3.83. The van der Waals surface area contributed by atoms with Gasteiger partial charge in [0.2, 0.25) is 0 Å². The minimum absolute atomic E-state index is 0.117. The van der Waals surface area contributed by atoms with Crippen LogP contribution in [0.2, 0.25) is 0 Å². The lowest BCUT2D eigenvalue weighted by molar-refractivity contribution is 0.414. The van der Waals surface area contributed by atoms with E-state index in [-0.39, 0.29) is 5.03 Å². The quantitative estimate of drug-likeness (QED) is 0.867. The van der Waals surface area contributed by atoms with Gasteiger partial charge in [0, 0.05) is 18.7 Å². The smallest absolute Gasteiger partial charge is 0.257 e. The lowest BCUT2D eigenvalue weighted by Crippen LogP contribution is -2.13. The number of nitrogens with two attached hydrogens (primary N) is 1. The predicted octanol–water partition coefficient (Wildman–Crippen LogP) is 0.553. The molecule has 2 N–H and O–H groups in total. The van der Waals surface area contributed by atoms with Gasteiger partial charge in [-0.25, -0.2) is 18.5 Å². The van der Waals surface area contributed by atoms with E-state index < -0.39 is 10.0 Å². The summed E-state index contributed by atoms with van der Waals surface area (Å²) in [6, 6.07) is 3.34. The monoisotopic (exact) mass is 255 g/mol. The first kappa shape index (κ1) is 11.9. The summed E-state index contributed by atoms with van der Waals surface area (Å²) < 4.78 is 29.6. The molecule has 0 radical (unpaired) electrons. The molecule has 2 aromatic heterocycles. The van der Waals surface area contributed by atoms with Crippen LogP contribution in [0, 0.1) is 0 Å². The highest BCUT2D eigenvalue weighted by molar-refractivity contribution is 7.89. The number of imidazole rings is 1. The lowest BCUT2D eigenvalue weighted by Gasteiger charge is -2.02. The van der Waals surface area contributed by atoms with Gasteiger partial charge in [-0.1, -0.05) is 6.92 Å². The Morgan fingerprint density at radius 2 is 2.24 bits per heavy atom. The molecule has 0 aromatic carbocycles. The average molecular weight is 255 g/mol. The molecule has 0 aliphatic carbocycles. The number of ether oxygens (including phenoxy) is 1. The fourth-order valence-electron chi connectivity index (χ4n) is 1.68. The van der Waals surface area contributed by atoms with Crippen LogP contribution in [-0.4, -0.2) is 24.9 Å². The van der Waals surface area contributed by atoms with Crippen molar-refractivity contribution in [3.63, 3.8) is 0 Å². The highest BCUT2D eigenvalue weighted by Crippen LogP contribution is 2.22. The summed E-state index contributed by atoms with van der Waals surface area (Å²) in [7, 11) is -2.32. The zero-order valence-corrected chi connectivity index (χ0v) is 10.4. The molecule has 2 heterocycles. The third-order valence-electron chi connectivity index (χ3n) is 2.48. The molecular formula is C10H13N3O3S. The number of pyridine rings is 1. The number of hydrogen-bond acceptors (Lipinski definition) is 4. The molecule has 0 saturated heterocycles. The molecule has 0 bridgehead atoms. The van der Waals surface area contributed by atoms with Crippen molar-refractivity contribution in [2.24, 2.45) is 5.14 Å². The summed E-state index contributed by atoms with van der Waals surface area (Å²) in [6.45, 7) is 1.89. The van der Waals surface area contributed by atoms with Gasteiger partial charge in [0.1, 0.15) is 11.6 Å². The molecule has 0 amide bonds. The molecule has 0 atom stereocenters. The summed E-state index contributed by atoms with van der Waals surface area (Å²) >= 11 is 0. The first-order valence-electron chi connectivity index (χ1n) is 5.05. The van der Waals surface area contributed by atoms with E-state index in [4.69, 9.17) is 9.88 Å². The number of aromatic nitrogens is 2. The third kappa shape index (κ3) is 1.98. The zero-order chi connectivity index (χ0) is 12.6. The number of rotatable bonds is 3. The van der Waals surface area contributed by atoms with Crippen molar-refractivity contribution in [2.75, 3.05) is 7.11 Å². The second kappa shape index (κ2) is 4.01. The number of nitrogens with zero attached hydrogens (tertiary/aromatic N) is 2. The average Bonchev–Trinajstić information content (AvgIpc) is 2.66. The normalized spacial score (nSPS) is 11.9. The van der Waals surface area contributed by atoms with Crippen molar-refractivity contribution in [1.82, 2.24) is 9.38 Å². The van der Waals surface area contributed by atoms with Crippen LogP contribution in [0.5, 0.6) is 5.75 Å². The van der Waals surface area contributed by atoms with Crippen molar-refractivity contribution >= 4 is 15.5 Å². The van der Waals surface area contributed by atoms with Gasteiger partial charge in [0.15, 0.2) is 5.03 Å². The van der Waals surface area contributed by atoms with Gasteiger partial charge < -0.3 is 9.14 Å². The van der Waals surface area contributed by atoms with Crippen molar-refractivity contribution in [1.29, 1.82) is 0 Å². The van der Waals surface area contributed by atoms with Crippen LogP contribution < -0.4 is 9.88 Å². The fraction of sp³-hybridized carbons (Fsp3) is 0.300. The van der Waals surface area contributed by atoms with E-state index in [1.807, 2.05) is 6.92 Å². The highest BCUT2D eigenvalue weighted by Gasteiger charge is 2.19. The van der Waals surface area contributed by atoms with Gasteiger partial charge in [0.25, 0.3) is 10.0 Å². The van der Waals surface area contributed by atoms with Gasteiger partial charge in [-0.05, 0) is 6.07 Å². The van der Waals surface area contributed by atoms with Crippen molar-refractivity contribution in [3.8, 4) is 5.75 Å². The summed E-state index contributed by atoms with van der Waals surface area (Å²) in [6.07, 6.45) is 2.33. The first-order valence-corrected chi connectivity index (χ1v) is 6.59. The molecule has 2 rings (SSSR count). The van der Waals surface area contributed by atoms with Crippen LogP contribution in [0.25, 0.3) is 5.52 Å².